The first-order chi connectivity index (χ1) is 18.6. The van der Waals surface area contributed by atoms with Crippen molar-refractivity contribution in [2.24, 2.45) is 0 Å². The number of benzene rings is 3. The number of nitrogens with one attached hydrogen (secondary N) is 1. The Morgan fingerprint density at radius 1 is 0.872 bits per heavy atom. The second kappa shape index (κ2) is 13.8. The zero-order chi connectivity index (χ0) is 28.6. The average molecular weight is 591 g/mol. The Hall–Kier alpha value is -3.07. The molecule has 0 heterocycles. The van der Waals surface area contributed by atoms with Gasteiger partial charge in [0.1, 0.15) is 12.6 Å². The van der Waals surface area contributed by atoms with Crippen molar-refractivity contribution in [3.05, 3.63) is 94.5 Å². The van der Waals surface area contributed by atoms with E-state index in [1.54, 1.807) is 24.3 Å². The lowest BCUT2D eigenvalue weighted by Gasteiger charge is -2.34. The van der Waals surface area contributed by atoms with Crippen LogP contribution in [0.25, 0.3) is 0 Å². The molecule has 0 spiro atoms. The SMILES string of the molecule is CC[C@@H](C)NC(=O)[C@H](CC)N(Cc1ccccc1)C(=O)CN(c1cccc(Cl)c1Cl)S(=O)(=O)c1ccccc1. The van der Waals surface area contributed by atoms with Crippen LogP contribution in [0.4, 0.5) is 5.69 Å². The molecule has 3 aromatic carbocycles. The van der Waals surface area contributed by atoms with E-state index in [4.69, 9.17) is 23.2 Å². The summed E-state index contributed by atoms with van der Waals surface area (Å²) in [5.41, 5.74) is 0.872. The van der Waals surface area contributed by atoms with Crippen LogP contribution < -0.4 is 9.62 Å². The highest BCUT2D eigenvalue weighted by atomic mass is 35.5. The minimum absolute atomic E-state index is 0.00244. The summed E-state index contributed by atoms with van der Waals surface area (Å²) in [4.78, 5) is 28.7. The predicted molar refractivity (Wildman–Crippen MR) is 156 cm³/mol. The van der Waals surface area contributed by atoms with Crippen LogP contribution in [0.2, 0.25) is 10.0 Å². The molecule has 1 N–H and O–H groups in total. The number of hydrogen-bond donors (Lipinski definition) is 1. The molecule has 10 heteroatoms. The molecular formula is C29H33Cl2N3O4S. The van der Waals surface area contributed by atoms with Gasteiger partial charge in [0.15, 0.2) is 0 Å². The van der Waals surface area contributed by atoms with E-state index in [0.717, 1.165) is 16.3 Å². The van der Waals surface area contributed by atoms with Gasteiger partial charge in [0, 0.05) is 12.6 Å². The molecule has 0 aliphatic heterocycles. The number of amides is 2. The van der Waals surface area contributed by atoms with E-state index in [1.165, 1.54) is 29.2 Å². The van der Waals surface area contributed by atoms with E-state index >= 15 is 0 Å². The van der Waals surface area contributed by atoms with Gasteiger partial charge in [-0.3, -0.25) is 13.9 Å². The van der Waals surface area contributed by atoms with Crippen molar-refractivity contribution in [1.29, 1.82) is 0 Å². The van der Waals surface area contributed by atoms with Crippen molar-refractivity contribution >= 4 is 50.7 Å². The Kier molecular flexibility index (Phi) is 10.8. The van der Waals surface area contributed by atoms with E-state index in [2.05, 4.69) is 5.32 Å². The standard InChI is InChI=1S/C29H33Cl2N3O4S/c1-4-21(3)32-29(36)25(5-2)33(19-22-13-8-6-9-14-22)27(35)20-34(26-18-12-17-24(30)28(26)31)39(37,38)23-15-10-7-11-16-23/h6-18,21,25H,4-5,19-20H2,1-3H3,(H,32,36)/t21-,25+/m1/s1. The maximum atomic E-state index is 14.0. The topological polar surface area (TPSA) is 86.8 Å². The van der Waals surface area contributed by atoms with E-state index < -0.39 is 28.5 Å². The summed E-state index contributed by atoms with van der Waals surface area (Å²) in [5.74, 6) is -0.852. The highest BCUT2D eigenvalue weighted by Crippen LogP contribution is 2.35. The molecule has 3 rings (SSSR count). The van der Waals surface area contributed by atoms with Crippen molar-refractivity contribution in [3.63, 3.8) is 0 Å². The van der Waals surface area contributed by atoms with Crippen LogP contribution in [0.15, 0.2) is 83.8 Å². The van der Waals surface area contributed by atoms with Crippen molar-refractivity contribution in [2.75, 3.05) is 10.8 Å². The first-order valence-electron chi connectivity index (χ1n) is 12.8. The minimum atomic E-state index is -4.23. The Morgan fingerprint density at radius 3 is 2.08 bits per heavy atom. The fraction of sp³-hybridized carbons (Fsp3) is 0.310. The first kappa shape index (κ1) is 30.5. The lowest BCUT2D eigenvalue weighted by Crippen LogP contribution is -2.53. The molecule has 0 radical (unpaired) electrons. The smallest absolute Gasteiger partial charge is 0.264 e. The summed E-state index contributed by atoms with van der Waals surface area (Å²) >= 11 is 12.7. The summed E-state index contributed by atoms with van der Waals surface area (Å²) in [5, 5.41) is 3.11. The van der Waals surface area contributed by atoms with E-state index in [9.17, 15) is 18.0 Å². The van der Waals surface area contributed by atoms with Gasteiger partial charge in [-0.1, -0.05) is 91.6 Å². The van der Waals surface area contributed by atoms with Gasteiger partial charge in [-0.05, 0) is 49.6 Å². The quantitative estimate of drug-likeness (QED) is 0.284. The third-order valence-corrected chi connectivity index (χ3v) is 8.98. The van der Waals surface area contributed by atoms with Gasteiger partial charge in [-0.2, -0.15) is 0 Å². The molecule has 7 nitrogen and oxygen atoms in total. The number of carbonyl (C=O) groups is 2. The summed E-state index contributed by atoms with van der Waals surface area (Å²) in [6.45, 7) is 5.20. The number of sulfonamides is 1. The largest absolute Gasteiger partial charge is 0.352 e. The van der Waals surface area contributed by atoms with E-state index in [1.807, 2.05) is 51.1 Å². The maximum Gasteiger partial charge on any atom is 0.264 e. The molecular weight excluding hydrogens is 557 g/mol. The molecule has 2 atom stereocenters. The van der Waals surface area contributed by atoms with Gasteiger partial charge in [0.25, 0.3) is 10.0 Å². The average Bonchev–Trinajstić information content (AvgIpc) is 2.94. The molecule has 0 saturated carbocycles. The van der Waals surface area contributed by atoms with Gasteiger partial charge in [0.2, 0.25) is 11.8 Å². The van der Waals surface area contributed by atoms with Crippen LogP contribution in [0, 0.1) is 0 Å². The zero-order valence-corrected chi connectivity index (χ0v) is 24.5. The molecule has 3 aromatic rings. The van der Waals surface area contributed by atoms with Crippen LogP contribution >= 0.6 is 23.2 Å². The van der Waals surface area contributed by atoms with E-state index in [-0.39, 0.29) is 39.1 Å². The Bertz CT molecular complexity index is 1370. The van der Waals surface area contributed by atoms with Crippen molar-refractivity contribution in [1.82, 2.24) is 10.2 Å². The van der Waals surface area contributed by atoms with E-state index in [0.29, 0.717) is 6.42 Å². The number of halogens is 2. The number of hydrogen-bond acceptors (Lipinski definition) is 4. The number of rotatable bonds is 12. The lowest BCUT2D eigenvalue weighted by atomic mass is 10.1. The van der Waals surface area contributed by atoms with Crippen LogP contribution in [0.5, 0.6) is 0 Å². The molecule has 0 aliphatic carbocycles. The Balaban J connectivity index is 2.08. The highest BCUT2D eigenvalue weighted by molar-refractivity contribution is 7.92. The van der Waals surface area contributed by atoms with Crippen LogP contribution in [-0.4, -0.2) is 43.8 Å². The third kappa shape index (κ3) is 7.53. The van der Waals surface area contributed by atoms with Crippen molar-refractivity contribution in [2.45, 2.75) is 57.1 Å². The molecule has 0 fully saturated rings. The van der Waals surface area contributed by atoms with Crippen LogP contribution in [-0.2, 0) is 26.2 Å². The summed E-state index contributed by atoms with van der Waals surface area (Å²) in [6.07, 6.45) is 1.06. The number of nitrogens with zero attached hydrogens (tertiary/aromatic N) is 2. The van der Waals surface area contributed by atoms with Gasteiger partial charge < -0.3 is 10.2 Å². The van der Waals surface area contributed by atoms with Crippen LogP contribution in [0.3, 0.4) is 0 Å². The summed E-state index contributed by atoms with van der Waals surface area (Å²) < 4.78 is 28.6. The lowest BCUT2D eigenvalue weighted by molar-refractivity contribution is -0.140. The van der Waals surface area contributed by atoms with Gasteiger partial charge in [-0.25, -0.2) is 8.42 Å². The molecule has 0 unspecified atom stereocenters. The summed E-state index contributed by atoms with van der Waals surface area (Å²) in [7, 11) is -4.23. The number of anilines is 1. The molecule has 208 valence electrons. The van der Waals surface area contributed by atoms with Crippen molar-refractivity contribution in [3.8, 4) is 0 Å². The predicted octanol–water partition coefficient (Wildman–Crippen LogP) is 5.91. The maximum absolute atomic E-state index is 14.0. The first-order valence-corrected chi connectivity index (χ1v) is 14.9. The highest BCUT2D eigenvalue weighted by Gasteiger charge is 2.34. The number of carbonyl (C=O) groups excluding carboxylic acids is 2. The second-order valence-corrected chi connectivity index (χ2v) is 11.8. The Morgan fingerprint density at radius 2 is 1.49 bits per heavy atom. The Labute approximate surface area is 240 Å². The van der Waals surface area contributed by atoms with Crippen LogP contribution in [0.1, 0.15) is 39.2 Å². The van der Waals surface area contributed by atoms with Crippen molar-refractivity contribution < 1.29 is 18.0 Å². The fourth-order valence-corrected chi connectivity index (χ4v) is 5.95. The molecule has 2 amide bonds. The molecule has 0 aliphatic rings. The molecule has 0 bridgehead atoms. The monoisotopic (exact) mass is 589 g/mol. The van der Waals surface area contributed by atoms with Gasteiger partial charge in [-0.15, -0.1) is 0 Å². The third-order valence-electron chi connectivity index (χ3n) is 6.39. The fourth-order valence-electron chi connectivity index (χ4n) is 4.06. The molecule has 0 saturated heterocycles. The van der Waals surface area contributed by atoms with Gasteiger partial charge in [0.05, 0.1) is 20.6 Å². The van der Waals surface area contributed by atoms with Gasteiger partial charge >= 0.3 is 0 Å². The second-order valence-electron chi connectivity index (χ2n) is 9.15. The molecule has 39 heavy (non-hydrogen) atoms. The normalized spacial score (nSPS) is 12.8. The summed E-state index contributed by atoms with van der Waals surface area (Å²) in [6, 6.07) is 20.7. The zero-order valence-electron chi connectivity index (χ0n) is 22.2. The minimum Gasteiger partial charge on any atom is -0.352 e. The molecule has 0 aromatic heterocycles.